The minimum absolute atomic E-state index is 0.0597. The van der Waals surface area contributed by atoms with Gasteiger partial charge in [0.1, 0.15) is 0 Å². The molecule has 18 heavy (non-hydrogen) atoms. The Morgan fingerprint density at radius 1 is 1.39 bits per heavy atom. The Hall–Kier alpha value is -1.42. The van der Waals surface area contributed by atoms with Crippen LogP contribution in [-0.4, -0.2) is 30.6 Å². The molecule has 0 saturated carbocycles. The Morgan fingerprint density at radius 3 is 2.83 bits per heavy atom. The summed E-state index contributed by atoms with van der Waals surface area (Å²) in [6.45, 7) is 8.03. The van der Waals surface area contributed by atoms with Crippen LogP contribution in [0.1, 0.15) is 41.4 Å². The molecule has 1 aromatic heterocycles. The van der Waals surface area contributed by atoms with Crippen LogP contribution in [0.15, 0.2) is 12.3 Å². The van der Waals surface area contributed by atoms with E-state index in [9.17, 15) is 4.79 Å². The monoisotopic (exact) mass is 250 g/mol. The summed E-state index contributed by atoms with van der Waals surface area (Å²) in [4.78, 5) is 16.0. The third kappa shape index (κ3) is 4.84. The normalized spacial score (nSPS) is 10.4. The van der Waals surface area contributed by atoms with Gasteiger partial charge in [-0.1, -0.05) is 6.92 Å². The van der Waals surface area contributed by atoms with E-state index < -0.39 is 0 Å². The van der Waals surface area contributed by atoms with Crippen LogP contribution in [0, 0.1) is 13.8 Å². The van der Waals surface area contributed by atoms with Crippen molar-refractivity contribution >= 4 is 5.91 Å². The molecule has 0 spiro atoms. The van der Waals surface area contributed by atoms with Crippen LogP contribution in [0.5, 0.6) is 0 Å². The summed E-state index contributed by atoms with van der Waals surface area (Å²) in [5.74, 6) is -0.0597. The average molecular weight is 250 g/mol. The van der Waals surface area contributed by atoms with Gasteiger partial charge < -0.3 is 10.1 Å². The van der Waals surface area contributed by atoms with E-state index in [0.29, 0.717) is 18.7 Å². The minimum atomic E-state index is -0.0597. The standard InChI is InChI=1S/C14H22N2O2/c1-4-7-18-8-5-6-15-14(17)13-10-16-12(3)9-11(13)2/h9-10H,4-8H2,1-3H3,(H,15,17). The molecule has 0 aliphatic heterocycles. The number of pyridine rings is 1. The summed E-state index contributed by atoms with van der Waals surface area (Å²) < 4.78 is 5.35. The first-order valence-corrected chi connectivity index (χ1v) is 6.44. The molecule has 0 atom stereocenters. The second-order valence-electron chi connectivity index (χ2n) is 4.36. The molecule has 0 aliphatic carbocycles. The SMILES string of the molecule is CCCOCCCNC(=O)c1cnc(C)cc1C. The summed E-state index contributed by atoms with van der Waals surface area (Å²) >= 11 is 0. The summed E-state index contributed by atoms with van der Waals surface area (Å²) in [5, 5.41) is 2.88. The van der Waals surface area contributed by atoms with Crippen LogP contribution < -0.4 is 5.32 Å². The molecule has 0 fully saturated rings. The lowest BCUT2D eigenvalue weighted by atomic mass is 10.1. The second-order valence-corrected chi connectivity index (χ2v) is 4.36. The fraction of sp³-hybridized carbons (Fsp3) is 0.571. The predicted molar refractivity (Wildman–Crippen MR) is 71.8 cm³/mol. The van der Waals surface area contributed by atoms with Crippen molar-refractivity contribution in [2.24, 2.45) is 0 Å². The number of hydrogen-bond donors (Lipinski definition) is 1. The van der Waals surface area contributed by atoms with Crippen molar-refractivity contribution in [3.8, 4) is 0 Å². The zero-order chi connectivity index (χ0) is 13.4. The van der Waals surface area contributed by atoms with Crippen molar-refractivity contribution in [3.63, 3.8) is 0 Å². The molecule has 1 amide bonds. The minimum Gasteiger partial charge on any atom is -0.381 e. The number of aryl methyl sites for hydroxylation is 2. The van der Waals surface area contributed by atoms with Crippen LogP contribution in [-0.2, 0) is 4.74 Å². The van der Waals surface area contributed by atoms with Crippen molar-refractivity contribution in [2.75, 3.05) is 19.8 Å². The van der Waals surface area contributed by atoms with Crippen LogP contribution in [0.25, 0.3) is 0 Å². The Morgan fingerprint density at radius 2 is 2.17 bits per heavy atom. The molecule has 4 heteroatoms. The number of carbonyl (C=O) groups excluding carboxylic acids is 1. The number of nitrogens with one attached hydrogen (secondary N) is 1. The lowest BCUT2D eigenvalue weighted by Gasteiger charge is -2.08. The molecule has 4 nitrogen and oxygen atoms in total. The summed E-state index contributed by atoms with van der Waals surface area (Å²) in [7, 11) is 0. The highest BCUT2D eigenvalue weighted by atomic mass is 16.5. The average Bonchev–Trinajstić information content (AvgIpc) is 2.33. The molecule has 0 radical (unpaired) electrons. The van der Waals surface area contributed by atoms with Crippen LogP contribution in [0.4, 0.5) is 0 Å². The molecule has 0 unspecified atom stereocenters. The van der Waals surface area contributed by atoms with Gasteiger partial charge in [0.2, 0.25) is 0 Å². The Labute approximate surface area is 109 Å². The summed E-state index contributed by atoms with van der Waals surface area (Å²) in [5.41, 5.74) is 2.54. The fourth-order valence-corrected chi connectivity index (χ4v) is 1.65. The summed E-state index contributed by atoms with van der Waals surface area (Å²) in [6.07, 6.45) is 3.50. The quantitative estimate of drug-likeness (QED) is 0.755. The Balaban J connectivity index is 2.32. The van der Waals surface area contributed by atoms with Gasteiger partial charge in [0, 0.05) is 31.6 Å². The number of hydrogen-bond acceptors (Lipinski definition) is 3. The number of amides is 1. The maximum atomic E-state index is 11.9. The third-order valence-electron chi connectivity index (χ3n) is 2.59. The van der Waals surface area contributed by atoms with Crippen LogP contribution in [0.3, 0.4) is 0 Å². The fourth-order valence-electron chi connectivity index (χ4n) is 1.65. The van der Waals surface area contributed by atoms with E-state index >= 15 is 0 Å². The highest BCUT2D eigenvalue weighted by molar-refractivity contribution is 5.95. The van der Waals surface area contributed by atoms with Gasteiger partial charge in [-0.15, -0.1) is 0 Å². The van der Waals surface area contributed by atoms with Crippen molar-refractivity contribution in [1.29, 1.82) is 0 Å². The van der Waals surface area contributed by atoms with Gasteiger partial charge in [0.25, 0.3) is 5.91 Å². The zero-order valence-electron chi connectivity index (χ0n) is 11.5. The first kappa shape index (κ1) is 14.6. The van der Waals surface area contributed by atoms with Crippen molar-refractivity contribution in [3.05, 3.63) is 29.1 Å². The lowest BCUT2D eigenvalue weighted by Crippen LogP contribution is -2.26. The maximum Gasteiger partial charge on any atom is 0.253 e. The van der Waals surface area contributed by atoms with Gasteiger partial charge in [-0.2, -0.15) is 0 Å². The first-order valence-electron chi connectivity index (χ1n) is 6.44. The van der Waals surface area contributed by atoms with Crippen molar-refractivity contribution in [2.45, 2.75) is 33.6 Å². The van der Waals surface area contributed by atoms with Gasteiger partial charge in [-0.25, -0.2) is 0 Å². The molecular weight excluding hydrogens is 228 g/mol. The van der Waals surface area contributed by atoms with Crippen molar-refractivity contribution in [1.82, 2.24) is 10.3 Å². The van der Waals surface area contributed by atoms with E-state index in [4.69, 9.17) is 4.74 Å². The number of aromatic nitrogens is 1. The van der Waals surface area contributed by atoms with Gasteiger partial charge in [-0.3, -0.25) is 9.78 Å². The summed E-state index contributed by atoms with van der Waals surface area (Å²) in [6, 6.07) is 1.92. The Kier molecular flexibility index (Phi) is 6.36. The molecule has 0 bridgehead atoms. The largest absolute Gasteiger partial charge is 0.381 e. The number of ether oxygens (including phenoxy) is 1. The van der Waals surface area contributed by atoms with E-state index in [0.717, 1.165) is 30.7 Å². The van der Waals surface area contributed by atoms with Crippen LogP contribution >= 0.6 is 0 Å². The third-order valence-corrected chi connectivity index (χ3v) is 2.59. The molecule has 1 aromatic rings. The van der Waals surface area contributed by atoms with Crippen LogP contribution in [0.2, 0.25) is 0 Å². The number of carbonyl (C=O) groups is 1. The number of rotatable bonds is 7. The lowest BCUT2D eigenvalue weighted by molar-refractivity contribution is 0.0940. The second kappa shape index (κ2) is 7.82. The molecule has 100 valence electrons. The van der Waals surface area contributed by atoms with E-state index in [-0.39, 0.29) is 5.91 Å². The Bertz CT molecular complexity index is 391. The van der Waals surface area contributed by atoms with Gasteiger partial charge >= 0.3 is 0 Å². The predicted octanol–water partition coefficient (Wildman–Crippen LogP) is 2.24. The molecule has 1 rings (SSSR count). The van der Waals surface area contributed by atoms with Gasteiger partial charge in [-0.05, 0) is 38.3 Å². The maximum absolute atomic E-state index is 11.9. The smallest absolute Gasteiger partial charge is 0.253 e. The van der Waals surface area contributed by atoms with Gasteiger partial charge in [0.15, 0.2) is 0 Å². The highest BCUT2D eigenvalue weighted by Crippen LogP contribution is 2.07. The molecular formula is C14H22N2O2. The van der Waals surface area contributed by atoms with E-state index in [1.807, 2.05) is 19.9 Å². The number of nitrogens with zero attached hydrogens (tertiary/aromatic N) is 1. The molecule has 0 saturated heterocycles. The van der Waals surface area contributed by atoms with E-state index in [1.165, 1.54) is 0 Å². The zero-order valence-corrected chi connectivity index (χ0v) is 11.5. The topological polar surface area (TPSA) is 51.2 Å². The molecule has 1 N–H and O–H groups in total. The van der Waals surface area contributed by atoms with E-state index in [2.05, 4.69) is 17.2 Å². The molecule has 1 heterocycles. The van der Waals surface area contributed by atoms with Crippen molar-refractivity contribution < 1.29 is 9.53 Å². The van der Waals surface area contributed by atoms with Gasteiger partial charge in [0.05, 0.1) is 5.56 Å². The molecule has 0 aliphatic rings. The molecule has 0 aromatic carbocycles. The highest BCUT2D eigenvalue weighted by Gasteiger charge is 2.08. The van der Waals surface area contributed by atoms with E-state index in [1.54, 1.807) is 6.20 Å². The first-order chi connectivity index (χ1) is 8.65.